The van der Waals surface area contributed by atoms with E-state index >= 15 is 0 Å². The fourth-order valence-electron chi connectivity index (χ4n) is 3.21. The Morgan fingerprint density at radius 2 is 2.00 bits per heavy atom. The van der Waals surface area contributed by atoms with Crippen LogP contribution in [-0.4, -0.2) is 29.8 Å². The number of carbonyl (C=O) groups is 1. The van der Waals surface area contributed by atoms with Gasteiger partial charge in [0.05, 0.1) is 20.3 Å². The predicted octanol–water partition coefficient (Wildman–Crippen LogP) is 4.26. The molecule has 2 aromatic rings. The summed E-state index contributed by atoms with van der Waals surface area (Å²) in [6.07, 6.45) is 3.31. The highest BCUT2D eigenvalue weighted by molar-refractivity contribution is 9.10. The van der Waals surface area contributed by atoms with E-state index in [-0.39, 0.29) is 21.8 Å². The minimum atomic E-state index is -3.36. The smallest absolute Gasteiger partial charge is 0.277 e. The Morgan fingerprint density at radius 1 is 1.31 bits per heavy atom. The number of H-pyrrole nitrogens is 1. The number of carbonyl (C=O) groups excluding carboxylic acids is 1. The van der Waals surface area contributed by atoms with Crippen LogP contribution in [0.15, 0.2) is 33.6 Å². The summed E-state index contributed by atoms with van der Waals surface area (Å²) in [6, 6.07) is 6.44. The van der Waals surface area contributed by atoms with Crippen LogP contribution in [0.5, 0.6) is 0 Å². The van der Waals surface area contributed by atoms with Gasteiger partial charge < -0.3 is 5.32 Å². The lowest BCUT2D eigenvalue weighted by Crippen LogP contribution is -2.18. The van der Waals surface area contributed by atoms with Crippen molar-refractivity contribution in [3.63, 3.8) is 0 Å². The summed E-state index contributed by atoms with van der Waals surface area (Å²) in [7, 11) is -3.36. The number of sulfone groups is 1. The van der Waals surface area contributed by atoms with Gasteiger partial charge in [-0.05, 0) is 52.9 Å². The van der Waals surface area contributed by atoms with Crippen LogP contribution in [0, 0.1) is 0 Å². The highest BCUT2D eigenvalue weighted by Crippen LogP contribution is 2.31. The molecule has 1 aromatic heterocycles. The van der Waals surface area contributed by atoms with Gasteiger partial charge in [0.2, 0.25) is 0 Å². The fourth-order valence-corrected chi connectivity index (χ4v) is 5.92. The molecule has 1 heterocycles. The molecule has 0 aliphatic heterocycles. The minimum Gasteiger partial charge on any atom is -0.321 e. The topological polar surface area (TPSA) is 91.9 Å². The molecule has 1 aliphatic carbocycles. The van der Waals surface area contributed by atoms with E-state index in [0.717, 1.165) is 18.5 Å². The van der Waals surface area contributed by atoms with E-state index in [2.05, 4.69) is 31.4 Å². The van der Waals surface area contributed by atoms with E-state index in [4.69, 9.17) is 0 Å². The zero-order valence-corrected chi connectivity index (χ0v) is 17.2. The fraction of sp³-hybridized carbons (Fsp3) is 0.444. The molecule has 2 N–H and O–H groups in total. The summed E-state index contributed by atoms with van der Waals surface area (Å²) in [5.41, 5.74) is 1.53. The lowest BCUT2D eigenvalue weighted by molar-refractivity contribution is 0.102. The Balaban J connectivity index is 1.82. The SMILES string of the molecule is CC(C)c1[nH]nc(C(=O)Nc2cccc(S(=O)(=O)C3CCCC3)c2)c1Br. The molecule has 0 saturated heterocycles. The lowest BCUT2D eigenvalue weighted by Gasteiger charge is -2.12. The molecule has 1 aromatic carbocycles. The molecule has 0 unspecified atom stereocenters. The molecular weight excluding hydrogens is 418 g/mol. The van der Waals surface area contributed by atoms with E-state index in [1.54, 1.807) is 18.2 Å². The van der Waals surface area contributed by atoms with Gasteiger partial charge in [-0.1, -0.05) is 32.8 Å². The Bertz CT molecular complexity index is 916. The van der Waals surface area contributed by atoms with Crippen LogP contribution in [0.25, 0.3) is 0 Å². The number of benzene rings is 1. The number of aromatic nitrogens is 2. The van der Waals surface area contributed by atoms with Gasteiger partial charge in [0.15, 0.2) is 15.5 Å². The van der Waals surface area contributed by atoms with Crippen molar-refractivity contribution in [3.05, 3.63) is 40.1 Å². The Labute approximate surface area is 161 Å². The summed E-state index contributed by atoms with van der Waals surface area (Å²) in [5, 5.41) is 9.35. The van der Waals surface area contributed by atoms with Crippen molar-refractivity contribution in [3.8, 4) is 0 Å². The molecule has 1 fully saturated rings. The molecule has 8 heteroatoms. The van der Waals surface area contributed by atoms with Crippen LogP contribution in [0.2, 0.25) is 0 Å². The van der Waals surface area contributed by atoms with Gasteiger partial charge in [-0.25, -0.2) is 8.42 Å². The summed E-state index contributed by atoms with van der Waals surface area (Å²) in [6.45, 7) is 3.99. The molecule has 0 spiro atoms. The van der Waals surface area contributed by atoms with Gasteiger partial charge in [-0.2, -0.15) is 5.10 Å². The summed E-state index contributed by atoms with van der Waals surface area (Å²) < 4.78 is 26.1. The second-order valence-electron chi connectivity index (χ2n) is 6.89. The van der Waals surface area contributed by atoms with Gasteiger partial charge in [0, 0.05) is 5.69 Å². The van der Waals surface area contributed by atoms with Crippen molar-refractivity contribution < 1.29 is 13.2 Å². The number of hydrogen-bond donors (Lipinski definition) is 2. The Morgan fingerprint density at radius 3 is 2.62 bits per heavy atom. The van der Waals surface area contributed by atoms with E-state index in [1.165, 1.54) is 6.07 Å². The van der Waals surface area contributed by atoms with Crippen LogP contribution < -0.4 is 5.32 Å². The molecule has 1 amide bonds. The first-order valence-electron chi connectivity index (χ1n) is 8.69. The molecular formula is C18H22BrN3O3S. The maximum Gasteiger partial charge on any atom is 0.277 e. The number of nitrogens with one attached hydrogen (secondary N) is 2. The predicted molar refractivity (Wildman–Crippen MR) is 104 cm³/mol. The molecule has 1 saturated carbocycles. The third-order valence-electron chi connectivity index (χ3n) is 4.69. The van der Waals surface area contributed by atoms with Crippen LogP contribution in [0.1, 0.15) is 61.6 Å². The summed E-state index contributed by atoms with van der Waals surface area (Å²) >= 11 is 3.41. The normalized spacial score (nSPS) is 15.5. The van der Waals surface area contributed by atoms with Gasteiger partial charge in [0.1, 0.15) is 0 Å². The van der Waals surface area contributed by atoms with Crippen molar-refractivity contribution in [2.45, 2.75) is 55.6 Å². The zero-order valence-electron chi connectivity index (χ0n) is 14.8. The number of rotatable bonds is 5. The molecule has 140 valence electrons. The van der Waals surface area contributed by atoms with Crippen LogP contribution >= 0.6 is 15.9 Å². The second kappa shape index (κ2) is 7.52. The van der Waals surface area contributed by atoms with Crippen molar-refractivity contribution in [2.75, 3.05) is 5.32 Å². The number of anilines is 1. The zero-order chi connectivity index (χ0) is 18.9. The van der Waals surface area contributed by atoms with Crippen molar-refractivity contribution in [1.29, 1.82) is 0 Å². The molecule has 1 aliphatic rings. The second-order valence-corrected chi connectivity index (χ2v) is 9.91. The first-order valence-corrected chi connectivity index (χ1v) is 11.0. The standard InChI is InChI=1S/C18H22BrN3O3S/c1-11(2)16-15(19)17(22-21-16)18(23)20-12-6-5-9-14(10-12)26(24,25)13-7-3-4-8-13/h5-6,9-11,13H,3-4,7-8H2,1-2H3,(H,20,23)(H,21,22). The van der Waals surface area contributed by atoms with Crippen LogP contribution in [0.4, 0.5) is 5.69 Å². The number of hydrogen-bond acceptors (Lipinski definition) is 4. The van der Waals surface area contributed by atoms with E-state index in [0.29, 0.717) is 23.0 Å². The average Bonchev–Trinajstić information content (AvgIpc) is 3.24. The highest BCUT2D eigenvalue weighted by Gasteiger charge is 2.30. The monoisotopic (exact) mass is 439 g/mol. The van der Waals surface area contributed by atoms with Crippen molar-refractivity contribution in [1.82, 2.24) is 10.2 Å². The molecule has 26 heavy (non-hydrogen) atoms. The van der Waals surface area contributed by atoms with Gasteiger partial charge in [-0.15, -0.1) is 0 Å². The first-order chi connectivity index (χ1) is 12.3. The number of amides is 1. The Kier molecular flexibility index (Phi) is 5.53. The average molecular weight is 440 g/mol. The maximum atomic E-state index is 12.7. The molecule has 3 rings (SSSR count). The van der Waals surface area contributed by atoms with E-state index in [9.17, 15) is 13.2 Å². The van der Waals surface area contributed by atoms with Gasteiger partial charge in [-0.3, -0.25) is 9.89 Å². The maximum absolute atomic E-state index is 12.7. The van der Waals surface area contributed by atoms with Crippen LogP contribution in [0.3, 0.4) is 0 Å². The first kappa shape index (κ1) is 19.1. The third kappa shape index (κ3) is 3.71. The number of nitrogens with zero attached hydrogens (tertiary/aromatic N) is 1. The number of halogens is 1. The van der Waals surface area contributed by atoms with E-state index < -0.39 is 15.7 Å². The highest BCUT2D eigenvalue weighted by atomic mass is 79.9. The molecule has 6 nitrogen and oxygen atoms in total. The number of aromatic amines is 1. The summed E-state index contributed by atoms with van der Waals surface area (Å²) in [4.78, 5) is 12.8. The quantitative estimate of drug-likeness (QED) is 0.727. The summed E-state index contributed by atoms with van der Waals surface area (Å²) in [5.74, 6) is -0.200. The van der Waals surface area contributed by atoms with Crippen molar-refractivity contribution >= 4 is 37.4 Å². The van der Waals surface area contributed by atoms with E-state index in [1.807, 2.05) is 13.8 Å². The third-order valence-corrected chi connectivity index (χ3v) is 7.75. The van der Waals surface area contributed by atoms with Gasteiger partial charge >= 0.3 is 0 Å². The lowest BCUT2D eigenvalue weighted by atomic mass is 10.1. The molecule has 0 radical (unpaired) electrons. The Hall–Kier alpha value is -1.67. The molecule has 0 bridgehead atoms. The van der Waals surface area contributed by atoms with Crippen molar-refractivity contribution in [2.24, 2.45) is 0 Å². The van der Waals surface area contributed by atoms with Gasteiger partial charge in [0.25, 0.3) is 5.91 Å². The van der Waals surface area contributed by atoms with Crippen LogP contribution in [-0.2, 0) is 9.84 Å². The largest absolute Gasteiger partial charge is 0.321 e. The minimum absolute atomic E-state index is 0.193. The molecule has 0 atom stereocenters.